The second-order valence-corrected chi connectivity index (χ2v) is 4.09. The molecule has 0 radical (unpaired) electrons. The first kappa shape index (κ1) is 13.5. The van der Waals surface area contributed by atoms with Crippen molar-refractivity contribution in [2.75, 3.05) is 13.7 Å². The van der Waals surface area contributed by atoms with Crippen LogP contribution in [0, 0.1) is 0 Å². The van der Waals surface area contributed by atoms with Crippen molar-refractivity contribution in [2.24, 2.45) is 5.73 Å². The van der Waals surface area contributed by atoms with E-state index in [0.29, 0.717) is 6.61 Å². The van der Waals surface area contributed by atoms with Crippen LogP contribution in [0.2, 0.25) is 0 Å². The number of carbonyl (C=O) groups is 1. The van der Waals surface area contributed by atoms with E-state index in [-0.39, 0.29) is 6.04 Å². The number of carbonyl (C=O) groups excluding carboxylic acids is 1. The molecule has 0 aromatic heterocycles. The predicted octanol–water partition coefficient (Wildman–Crippen LogP) is 1.99. The van der Waals surface area contributed by atoms with Crippen LogP contribution in [0.5, 0.6) is 0 Å². The Morgan fingerprint density at radius 1 is 1.41 bits per heavy atom. The van der Waals surface area contributed by atoms with Crippen LogP contribution in [-0.4, -0.2) is 30.7 Å². The highest BCUT2D eigenvalue weighted by atomic mass is 16.5. The van der Waals surface area contributed by atoms with Crippen molar-refractivity contribution in [2.45, 2.75) is 25.9 Å². The Hall–Kier alpha value is -1.55. The van der Waals surface area contributed by atoms with Crippen LogP contribution in [0.25, 0.3) is 0 Å². The SMILES string of the molecule is CCC(COC(N)=O)N(C)Cc1ccccc1. The lowest BCUT2D eigenvalue weighted by Crippen LogP contribution is -2.36. The van der Waals surface area contributed by atoms with Crippen molar-refractivity contribution < 1.29 is 9.53 Å². The van der Waals surface area contributed by atoms with E-state index in [0.717, 1.165) is 13.0 Å². The standard InChI is InChI=1S/C13H20N2O2/c1-3-12(10-17-13(14)16)15(2)9-11-7-5-4-6-8-11/h4-8,12H,3,9-10H2,1-2H3,(H2,14,16). The summed E-state index contributed by atoms with van der Waals surface area (Å²) in [5.74, 6) is 0. The number of hydrogen-bond acceptors (Lipinski definition) is 3. The maximum atomic E-state index is 10.6. The van der Waals surface area contributed by atoms with E-state index in [9.17, 15) is 4.79 Å². The summed E-state index contributed by atoms with van der Waals surface area (Å²) in [7, 11) is 2.02. The number of nitrogens with zero attached hydrogens (tertiary/aromatic N) is 1. The zero-order valence-electron chi connectivity index (χ0n) is 10.4. The lowest BCUT2D eigenvalue weighted by Gasteiger charge is -2.26. The first-order chi connectivity index (χ1) is 8.13. The van der Waals surface area contributed by atoms with Crippen molar-refractivity contribution in [3.05, 3.63) is 35.9 Å². The Labute approximate surface area is 102 Å². The van der Waals surface area contributed by atoms with Gasteiger partial charge in [0, 0.05) is 12.6 Å². The van der Waals surface area contributed by atoms with Gasteiger partial charge in [-0.15, -0.1) is 0 Å². The maximum absolute atomic E-state index is 10.6. The highest BCUT2D eigenvalue weighted by Crippen LogP contribution is 2.09. The molecule has 0 aliphatic rings. The Bertz CT molecular complexity index is 341. The van der Waals surface area contributed by atoms with E-state index in [4.69, 9.17) is 10.5 Å². The van der Waals surface area contributed by atoms with Crippen LogP contribution >= 0.6 is 0 Å². The number of rotatable bonds is 6. The van der Waals surface area contributed by atoms with E-state index < -0.39 is 6.09 Å². The molecule has 0 saturated carbocycles. The van der Waals surface area contributed by atoms with Gasteiger partial charge in [0.25, 0.3) is 0 Å². The largest absolute Gasteiger partial charge is 0.448 e. The number of nitrogens with two attached hydrogens (primary N) is 1. The molecule has 0 aliphatic heterocycles. The lowest BCUT2D eigenvalue weighted by molar-refractivity contribution is 0.103. The number of benzene rings is 1. The Kier molecular flexibility index (Phi) is 5.49. The first-order valence-electron chi connectivity index (χ1n) is 5.80. The third-order valence-electron chi connectivity index (χ3n) is 2.79. The molecule has 0 aliphatic carbocycles. The summed E-state index contributed by atoms with van der Waals surface area (Å²) < 4.78 is 4.85. The molecule has 0 fully saturated rings. The molecule has 0 spiro atoms. The van der Waals surface area contributed by atoms with Crippen molar-refractivity contribution >= 4 is 6.09 Å². The fraction of sp³-hybridized carbons (Fsp3) is 0.462. The average Bonchev–Trinajstić information content (AvgIpc) is 2.30. The second kappa shape index (κ2) is 6.91. The van der Waals surface area contributed by atoms with Gasteiger partial charge in [-0.25, -0.2) is 4.79 Å². The minimum atomic E-state index is -0.712. The van der Waals surface area contributed by atoms with Crippen LogP contribution in [0.1, 0.15) is 18.9 Å². The molecular formula is C13H20N2O2. The van der Waals surface area contributed by atoms with E-state index >= 15 is 0 Å². The molecule has 4 heteroatoms. The molecule has 94 valence electrons. The molecular weight excluding hydrogens is 216 g/mol. The van der Waals surface area contributed by atoms with Gasteiger partial charge < -0.3 is 10.5 Å². The van der Waals surface area contributed by atoms with Crippen molar-refractivity contribution in [3.63, 3.8) is 0 Å². The molecule has 2 N–H and O–H groups in total. The van der Waals surface area contributed by atoms with Gasteiger partial charge in [-0.05, 0) is 19.0 Å². The second-order valence-electron chi connectivity index (χ2n) is 4.09. The van der Waals surface area contributed by atoms with Crippen molar-refractivity contribution in [3.8, 4) is 0 Å². The third kappa shape index (κ3) is 4.87. The van der Waals surface area contributed by atoms with Crippen molar-refractivity contribution in [1.82, 2.24) is 4.90 Å². The zero-order chi connectivity index (χ0) is 12.7. The Balaban J connectivity index is 2.48. The van der Waals surface area contributed by atoms with Gasteiger partial charge in [0.15, 0.2) is 0 Å². The summed E-state index contributed by atoms with van der Waals surface area (Å²) in [6.45, 7) is 3.24. The maximum Gasteiger partial charge on any atom is 0.404 e. The van der Waals surface area contributed by atoms with E-state index in [2.05, 4.69) is 24.0 Å². The molecule has 0 heterocycles. The first-order valence-corrected chi connectivity index (χ1v) is 5.80. The number of primary amides is 1. The summed E-state index contributed by atoms with van der Waals surface area (Å²) in [5, 5.41) is 0. The highest BCUT2D eigenvalue weighted by Gasteiger charge is 2.14. The summed E-state index contributed by atoms with van der Waals surface area (Å²) in [5.41, 5.74) is 6.21. The van der Waals surface area contributed by atoms with Gasteiger partial charge in [0.1, 0.15) is 6.61 Å². The van der Waals surface area contributed by atoms with Gasteiger partial charge in [0.2, 0.25) is 0 Å². The fourth-order valence-electron chi connectivity index (χ4n) is 1.74. The van der Waals surface area contributed by atoms with Gasteiger partial charge in [-0.1, -0.05) is 37.3 Å². The normalized spacial score (nSPS) is 12.4. The Morgan fingerprint density at radius 2 is 2.06 bits per heavy atom. The zero-order valence-corrected chi connectivity index (χ0v) is 10.4. The van der Waals surface area contributed by atoms with Gasteiger partial charge in [-0.3, -0.25) is 4.90 Å². The van der Waals surface area contributed by atoms with Gasteiger partial charge >= 0.3 is 6.09 Å². The van der Waals surface area contributed by atoms with Crippen LogP contribution in [0.15, 0.2) is 30.3 Å². The van der Waals surface area contributed by atoms with Gasteiger partial charge in [0.05, 0.1) is 0 Å². The monoisotopic (exact) mass is 236 g/mol. The predicted molar refractivity (Wildman–Crippen MR) is 67.5 cm³/mol. The van der Waals surface area contributed by atoms with E-state index in [1.165, 1.54) is 5.56 Å². The molecule has 0 bridgehead atoms. The topological polar surface area (TPSA) is 55.6 Å². The molecule has 1 atom stereocenters. The summed E-state index contributed by atoms with van der Waals surface area (Å²) in [4.78, 5) is 12.7. The summed E-state index contributed by atoms with van der Waals surface area (Å²) in [6, 6.07) is 10.4. The molecule has 1 amide bonds. The quantitative estimate of drug-likeness (QED) is 0.821. The fourth-order valence-corrected chi connectivity index (χ4v) is 1.74. The summed E-state index contributed by atoms with van der Waals surface area (Å²) in [6.07, 6.45) is 0.202. The van der Waals surface area contributed by atoms with Gasteiger partial charge in [-0.2, -0.15) is 0 Å². The number of amides is 1. The lowest BCUT2D eigenvalue weighted by atomic mass is 10.1. The third-order valence-corrected chi connectivity index (χ3v) is 2.79. The number of ether oxygens (including phenoxy) is 1. The minimum Gasteiger partial charge on any atom is -0.448 e. The number of hydrogen-bond donors (Lipinski definition) is 1. The molecule has 1 rings (SSSR count). The molecule has 0 saturated heterocycles. The summed E-state index contributed by atoms with van der Waals surface area (Å²) >= 11 is 0. The minimum absolute atomic E-state index is 0.197. The molecule has 1 unspecified atom stereocenters. The van der Waals surface area contributed by atoms with E-state index in [1.807, 2.05) is 25.2 Å². The highest BCUT2D eigenvalue weighted by molar-refractivity contribution is 5.64. The number of likely N-dealkylation sites (N-methyl/N-ethyl adjacent to an activating group) is 1. The smallest absolute Gasteiger partial charge is 0.404 e. The molecule has 17 heavy (non-hydrogen) atoms. The van der Waals surface area contributed by atoms with Crippen LogP contribution in [0.3, 0.4) is 0 Å². The molecule has 1 aromatic rings. The van der Waals surface area contributed by atoms with Crippen LogP contribution in [0.4, 0.5) is 4.79 Å². The van der Waals surface area contributed by atoms with Crippen molar-refractivity contribution in [1.29, 1.82) is 0 Å². The van der Waals surface area contributed by atoms with Crippen LogP contribution in [-0.2, 0) is 11.3 Å². The Morgan fingerprint density at radius 3 is 2.59 bits per heavy atom. The van der Waals surface area contributed by atoms with E-state index in [1.54, 1.807) is 0 Å². The molecule has 1 aromatic carbocycles. The average molecular weight is 236 g/mol. The van der Waals surface area contributed by atoms with Crippen LogP contribution < -0.4 is 5.73 Å². The molecule has 4 nitrogen and oxygen atoms in total.